The normalized spacial score (nSPS) is 10.8. The highest BCUT2D eigenvalue weighted by molar-refractivity contribution is 5.93. The van der Waals surface area contributed by atoms with Gasteiger partial charge in [0.2, 0.25) is 5.43 Å². The molecular formula is C16H12O4. The number of fused-ring (bicyclic) bond motifs is 2. The SMILES string of the molecule is C=CCOc1ccc2oc3cccc(O)c3c(=O)c2c1. The number of hydrogen-bond donors (Lipinski definition) is 1. The Kier molecular flexibility index (Phi) is 2.91. The molecule has 0 atom stereocenters. The van der Waals surface area contributed by atoms with Crippen LogP contribution in [0.25, 0.3) is 21.9 Å². The lowest BCUT2D eigenvalue weighted by Gasteiger charge is -2.06. The molecule has 4 heteroatoms. The van der Waals surface area contributed by atoms with Gasteiger partial charge < -0.3 is 14.3 Å². The second kappa shape index (κ2) is 4.74. The molecule has 0 fully saturated rings. The van der Waals surface area contributed by atoms with Crippen LogP contribution in [0, 0.1) is 0 Å². The molecule has 0 aliphatic carbocycles. The van der Waals surface area contributed by atoms with Crippen molar-refractivity contribution >= 4 is 21.9 Å². The molecule has 2 aromatic carbocycles. The highest BCUT2D eigenvalue weighted by atomic mass is 16.5. The molecule has 0 aliphatic rings. The minimum Gasteiger partial charge on any atom is -0.507 e. The van der Waals surface area contributed by atoms with Crippen LogP contribution in [0.2, 0.25) is 0 Å². The van der Waals surface area contributed by atoms with Crippen LogP contribution in [0.1, 0.15) is 0 Å². The maximum atomic E-state index is 12.4. The summed E-state index contributed by atoms with van der Waals surface area (Å²) in [5.41, 5.74) is 0.546. The molecule has 3 aromatic rings. The second-order valence-corrected chi connectivity index (χ2v) is 4.34. The van der Waals surface area contributed by atoms with E-state index in [-0.39, 0.29) is 16.6 Å². The molecule has 0 unspecified atom stereocenters. The molecule has 4 nitrogen and oxygen atoms in total. The summed E-state index contributed by atoms with van der Waals surface area (Å²) in [4.78, 5) is 12.4. The van der Waals surface area contributed by atoms with Gasteiger partial charge in [-0.15, -0.1) is 0 Å². The molecule has 0 saturated carbocycles. The molecule has 3 rings (SSSR count). The van der Waals surface area contributed by atoms with Crippen LogP contribution in [0.3, 0.4) is 0 Å². The molecular weight excluding hydrogens is 256 g/mol. The molecule has 0 aliphatic heterocycles. The topological polar surface area (TPSA) is 59.7 Å². The molecule has 0 spiro atoms. The van der Waals surface area contributed by atoms with Gasteiger partial charge in [0.15, 0.2) is 0 Å². The van der Waals surface area contributed by atoms with Crippen molar-refractivity contribution in [2.45, 2.75) is 0 Å². The van der Waals surface area contributed by atoms with Crippen molar-refractivity contribution in [2.75, 3.05) is 6.61 Å². The van der Waals surface area contributed by atoms with Crippen molar-refractivity contribution in [3.63, 3.8) is 0 Å². The summed E-state index contributed by atoms with van der Waals surface area (Å²) in [6.45, 7) is 3.93. The van der Waals surface area contributed by atoms with Gasteiger partial charge in [-0.25, -0.2) is 0 Å². The summed E-state index contributed by atoms with van der Waals surface area (Å²) in [6, 6.07) is 9.76. The van der Waals surface area contributed by atoms with E-state index in [1.807, 2.05) is 0 Å². The second-order valence-electron chi connectivity index (χ2n) is 4.34. The molecule has 0 amide bonds. The third-order valence-corrected chi connectivity index (χ3v) is 3.01. The predicted molar refractivity (Wildman–Crippen MR) is 77.3 cm³/mol. The molecule has 0 bridgehead atoms. The van der Waals surface area contributed by atoms with Crippen LogP contribution >= 0.6 is 0 Å². The number of ether oxygens (including phenoxy) is 1. The van der Waals surface area contributed by atoms with E-state index in [4.69, 9.17) is 9.15 Å². The molecule has 0 saturated heterocycles. The van der Waals surface area contributed by atoms with Crippen LogP contribution in [-0.2, 0) is 0 Å². The van der Waals surface area contributed by atoms with Gasteiger partial charge in [-0.2, -0.15) is 0 Å². The van der Waals surface area contributed by atoms with Gasteiger partial charge in [-0.05, 0) is 30.3 Å². The lowest BCUT2D eigenvalue weighted by atomic mass is 10.1. The Balaban J connectivity index is 2.31. The third-order valence-electron chi connectivity index (χ3n) is 3.01. The summed E-state index contributed by atoms with van der Waals surface area (Å²) >= 11 is 0. The summed E-state index contributed by atoms with van der Waals surface area (Å²) in [7, 11) is 0. The van der Waals surface area contributed by atoms with Gasteiger partial charge in [0.05, 0.1) is 5.39 Å². The zero-order valence-electron chi connectivity index (χ0n) is 10.6. The van der Waals surface area contributed by atoms with Crippen molar-refractivity contribution < 1.29 is 14.3 Å². The predicted octanol–water partition coefficient (Wildman–Crippen LogP) is 3.22. The van der Waals surface area contributed by atoms with E-state index in [2.05, 4.69) is 6.58 Å². The fourth-order valence-corrected chi connectivity index (χ4v) is 2.11. The lowest BCUT2D eigenvalue weighted by Crippen LogP contribution is -2.03. The first-order valence-corrected chi connectivity index (χ1v) is 6.13. The van der Waals surface area contributed by atoms with E-state index >= 15 is 0 Å². The first kappa shape index (κ1) is 12.3. The number of phenols is 1. The molecule has 100 valence electrons. The van der Waals surface area contributed by atoms with Crippen LogP contribution in [-0.4, -0.2) is 11.7 Å². The largest absolute Gasteiger partial charge is 0.507 e. The molecule has 0 radical (unpaired) electrons. The van der Waals surface area contributed by atoms with E-state index < -0.39 is 0 Å². The lowest BCUT2D eigenvalue weighted by molar-refractivity contribution is 0.363. The van der Waals surface area contributed by atoms with E-state index in [0.29, 0.717) is 28.9 Å². The highest BCUT2D eigenvalue weighted by Crippen LogP contribution is 2.26. The summed E-state index contributed by atoms with van der Waals surface area (Å²) in [5.74, 6) is 0.468. The van der Waals surface area contributed by atoms with Crippen LogP contribution < -0.4 is 10.2 Å². The van der Waals surface area contributed by atoms with Crippen LogP contribution in [0.4, 0.5) is 0 Å². The molecule has 20 heavy (non-hydrogen) atoms. The Labute approximate surface area is 114 Å². The van der Waals surface area contributed by atoms with Crippen molar-refractivity contribution in [3.8, 4) is 11.5 Å². The van der Waals surface area contributed by atoms with Crippen LogP contribution in [0.15, 0.2) is 58.3 Å². The van der Waals surface area contributed by atoms with Crippen molar-refractivity contribution in [1.82, 2.24) is 0 Å². The average Bonchev–Trinajstić information content (AvgIpc) is 2.45. The Morgan fingerprint density at radius 1 is 1.25 bits per heavy atom. The van der Waals surface area contributed by atoms with Crippen molar-refractivity contribution in [3.05, 3.63) is 59.3 Å². The zero-order chi connectivity index (χ0) is 14.1. The number of rotatable bonds is 3. The van der Waals surface area contributed by atoms with Gasteiger partial charge in [0.1, 0.15) is 34.7 Å². The maximum absolute atomic E-state index is 12.4. The molecule has 1 aromatic heterocycles. The van der Waals surface area contributed by atoms with E-state index in [1.165, 1.54) is 6.07 Å². The Morgan fingerprint density at radius 3 is 2.90 bits per heavy atom. The van der Waals surface area contributed by atoms with Gasteiger partial charge in [0.25, 0.3) is 0 Å². The summed E-state index contributed by atoms with van der Waals surface area (Å²) in [5, 5.41) is 10.4. The zero-order valence-corrected chi connectivity index (χ0v) is 10.6. The number of hydrogen-bond acceptors (Lipinski definition) is 4. The first-order valence-electron chi connectivity index (χ1n) is 6.13. The van der Waals surface area contributed by atoms with Gasteiger partial charge in [-0.3, -0.25) is 4.79 Å². The van der Waals surface area contributed by atoms with E-state index in [9.17, 15) is 9.90 Å². The van der Waals surface area contributed by atoms with Gasteiger partial charge in [0, 0.05) is 0 Å². The van der Waals surface area contributed by atoms with E-state index in [0.717, 1.165) is 0 Å². The highest BCUT2D eigenvalue weighted by Gasteiger charge is 2.11. The summed E-state index contributed by atoms with van der Waals surface area (Å²) in [6.07, 6.45) is 1.62. The Bertz CT molecular complexity index is 861. The number of aromatic hydroxyl groups is 1. The number of benzene rings is 2. The fraction of sp³-hybridized carbons (Fsp3) is 0.0625. The summed E-state index contributed by atoms with van der Waals surface area (Å²) < 4.78 is 11.0. The smallest absolute Gasteiger partial charge is 0.204 e. The third kappa shape index (κ3) is 1.91. The quantitative estimate of drug-likeness (QED) is 0.585. The molecule has 1 N–H and O–H groups in total. The van der Waals surface area contributed by atoms with Gasteiger partial charge >= 0.3 is 0 Å². The fourth-order valence-electron chi connectivity index (χ4n) is 2.11. The standard InChI is InChI=1S/C16H12O4/c1-2-8-19-10-6-7-13-11(9-10)16(18)15-12(17)4-3-5-14(15)20-13/h2-7,9,17H,1,8H2. The maximum Gasteiger partial charge on any atom is 0.204 e. The van der Waals surface area contributed by atoms with Crippen LogP contribution in [0.5, 0.6) is 11.5 Å². The Morgan fingerprint density at radius 2 is 2.10 bits per heavy atom. The van der Waals surface area contributed by atoms with E-state index in [1.54, 1.807) is 36.4 Å². The Hall–Kier alpha value is -2.75. The van der Waals surface area contributed by atoms with Gasteiger partial charge in [-0.1, -0.05) is 18.7 Å². The molecule has 1 heterocycles. The monoisotopic (exact) mass is 268 g/mol. The van der Waals surface area contributed by atoms with Crippen molar-refractivity contribution in [1.29, 1.82) is 0 Å². The van der Waals surface area contributed by atoms with Crippen molar-refractivity contribution in [2.24, 2.45) is 0 Å². The average molecular weight is 268 g/mol. The minimum atomic E-state index is -0.275. The minimum absolute atomic E-state index is 0.0874. The number of phenolic OH excluding ortho intramolecular Hbond substituents is 1. The first-order chi connectivity index (χ1) is 9.70.